The molecule has 1 aromatic heterocycles. The van der Waals surface area contributed by atoms with Crippen molar-refractivity contribution in [3.63, 3.8) is 0 Å². The molecule has 0 atom stereocenters. The van der Waals surface area contributed by atoms with Gasteiger partial charge in [0.15, 0.2) is 5.78 Å². The van der Waals surface area contributed by atoms with Crippen LogP contribution in [0, 0.1) is 0 Å². The number of hydrogen-bond acceptors (Lipinski definition) is 4. The van der Waals surface area contributed by atoms with Crippen LogP contribution in [0.5, 0.6) is 0 Å². The van der Waals surface area contributed by atoms with E-state index in [0.29, 0.717) is 22.8 Å². The first-order valence-electron chi connectivity index (χ1n) is 8.88. The minimum Gasteiger partial charge on any atom is -0.354 e. The predicted octanol–water partition coefficient (Wildman–Crippen LogP) is 4.65. The molecule has 2 aromatic carbocycles. The van der Waals surface area contributed by atoms with Crippen molar-refractivity contribution >= 4 is 34.7 Å². The highest BCUT2D eigenvalue weighted by molar-refractivity contribution is 6.30. The van der Waals surface area contributed by atoms with E-state index in [1.807, 2.05) is 36.4 Å². The van der Waals surface area contributed by atoms with Crippen LogP contribution in [-0.2, 0) is 6.42 Å². The summed E-state index contributed by atoms with van der Waals surface area (Å²) in [6.45, 7) is 2.05. The summed E-state index contributed by atoms with van der Waals surface area (Å²) >= 11 is 5.86. The van der Waals surface area contributed by atoms with E-state index < -0.39 is 0 Å². The summed E-state index contributed by atoms with van der Waals surface area (Å²) in [5.74, 6) is -0.189. The average Bonchev–Trinajstić information content (AvgIpc) is 2.70. The maximum Gasteiger partial charge on any atom is 0.269 e. The summed E-state index contributed by atoms with van der Waals surface area (Å²) in [7, 11) is 0. The summed E-state index contributed by atoms with van der Waals surface area (Å²) in [6.07, 6.45) is 2.33. The number of halogens is 1. The summed E-state index contributed by atoms with van der Waals surface area (Å²) in [5.41, 5.74) is 3.72. The molecule has 2 N–H and O–H groups in total. The molecule has 0 bridgehead atoms. The van der Waals surface area contributed by atoms with Gasteiger partial charge in [-0.2, -0.15) is 0 Å². The molecule has 0 saturated carbocycles. The largest absolute Gasteiger partial charge is 0.354 e. The highest BCUT2D eigenvalue weighted by Crippen LogP contribution is 2.17. The molecule has 0 aliphatic carbocycles. The van der Waals surface area contributed by atoms with Crippen molar-refractivity contribution in [1.29, 1.82) is 0 Å². The van der Waals surface area contributed by atoms with Crippen molar-refractivity contribution < 1.29 is 9.59 Å². The Morgan fingerprint density at radius 2 is 1.61 bits per heavy atom. The van der Waals surface area contributed by atoms with Crippen LogP contribution in [0.2, 0.25) is 5.02 Å². The fraction of sp³-hybridized carbons (Fsp3) is 0.136. The zero-order chi connectivity index (χ0) is 19.9. The maximum absolute atomic E-state index is 12.2. The molecule has 28 heavy (non-hydrogen) atoms. The number of hydrogen-bond donors (Lipinski definition) is 2. The average molecular weight is 394 g/mol. The molecule has 0 spiro atoms. The van der Waals surface area contributed by atoms with Crippen LogP contribution in [0.1, 0.15) is 33.3 Å². The van der Waals surface area contributed by atoms with Crippen molar-refractivity contribution in [2.24, 2.45) is 0 Å². The maximum atomic E-state index is 12.2. The number of Topliss-reactive ketones (excluding diaryl/α,β-unsaturated/α-hetero) is 1. The number of carbonyl (C=O) groups is 2. The fourth-order valence-electron chi connectivity index (χ4n) is 2.62. The molecule has 142 valence electrons. The number of nitrogens with zero attached hydrogens (tertiary/aromatic N) is 1. The first-order valence-corrected chi connectivity index (χ1v) is 9.26. The Bertz CT molecular complexity index is 953. The van der Waals surface area contributed by atoms with Crippen LogP contribution in [0.25, 0.3) is 0 Å². The Morgan fingerprint density at radius 3 is 2.21 bits per heavy atom. The molecule has 0 aliphatic rings. The molecule has 0 radical (unpaired) electrons. The number of nitrogens with one attached hydrogen (secondary N) is 2. The van der Waals surface area contributed by atoms with Crippen LogP contribution in [0.4, 0.5) is 11.4 Å². The molecule has 6 heteroatoms. The summed E-state index contributed by atoms with van der Waals surface area (Å²) < 4.78 is 0. The smallest absolute Gasteiger partial charge is 0.269 e. The summed E-state index contributed by atoms with van der Waals surface area (Å²) in [5, 5.41) is 6.75. The van der Waals surface area contributed by atoms with Gasteiger partial charge in [0.2, 0.25) is 0 Å². The van der Waals surface area contributed by atoms with Gasteiger partial charge >= 0.3 is 0 Å². The minimum absolute atomic E-state index is 0.0274. The number of ketones is 1. The molecular formula is C22H20ClN3O2. The summed E-state index contributed by atoms with van der Waals surface area (Å²) in [6, 6.07) is 18.2. The lowest BCUT2D eigenvalue weighted by Crippen LogP contribution is -2.26. The molecule has 0 aliphatic heterocycles. The van der Waals surface area contributed by atoms with Gasteiger partial charge in [-0.1, -0.05) is 23.7 Å². The van der Waals surface area contributed by atoms with Crippen molar-refractivity contribution in [2.45, 2.75) is 13.3 Å². The van der Waals surface area contributed by atoms with Gasteiger partial charge in [0, 0.05) is 22.8 Å². The SMILES string of the molecule is CC(=O)c1ccc(Nc2ccc(C(=O)NCCc3ccc(Cl)cc3)nc2)cc1. The first-order chi connectivity index (χ1) is 13.5. The van der Waals surface area contributed by atoms with E-state index in [1.54, 1.807) is 30.5 Å². The fourth-order valence-corrected chi connectivity index (χ4v) is 2.75. The van der Waals surface area contributed by atoms with Gasteiger partial charge in [0.05, 0.1) is 11.9 Å². The van der Waals surface area contributed by atoms with E-state index in [0.717, 1.165) is 23.4 Å². The third-order valence-corrected chi connectivity index (χ3v) is 4.44. The Morgan fingerprint density at radius 1 is 0.929 bits per heavy atom. The van der Waals surface area contributed by atoms with Gasteiger partial charge in [0.25, 0.3) is 5.91 Å². The first kappa shape index (κ1) is 19.6. The quantitative estimate of drug-likeness (QED) is 0.573. The van der Waals surface area contributed by atoms with E-state index in [2.05, 4.69) is 15.6 Å². The molecule has 0 unspecified atom stereocenters. The number of pyridine rings is 1. The second-order valence-corrected chi connectivity index (χ2v) is 6.76. The summed E-state index contributed by atoms with van der Waals surface area (Å²) in [4.78, 5) is 27.7. The lowest BCUT2D eigenvalue weighted by molar-refractivity contribution is 0.0948. The standard InChI is InChI=1S/C22H20ClN3O2/c1-15(27)17-4-8-19(9-5-17)26-20-10-11-21(25-14-20)22(28)24-13-12-16-2-6-18(23)7-3-16/h2-11,14,26H,12-13H2,1H3,(H,24,28). The van der Waals surface area contributed by atoms with Crippen LogP contribution < -0.4 is 10.6 Å². The molecule has 5 nitrogen and oxygen atoms in total. The van der Waals surface area contributed by atoms with Crippen LogP contribution >= 0.6 is 11.6 Å². The van der Waals surface area contributed by atoms with E-state index in [1.165, 1.54) is 6.92 Å². The van der Waals surface area contributed by atoms with E-state index in [-0.39, 0.29) is 11.7 Å². The Kier molecular flexibility index (Phi) is 6.40. The highest BCUT2D eigenvalue weighted by atomic mass is 35.5. The van der Waals surface area contributed by atoms with Gasteiger partial charge in [-0.15, -0.1) is 0 Å². The number of amides is 1. The topological polar surface area (TPSA) is 71.1 Å². The zero-order valence-electron chi connectivity index (χ0n) is 15.4. The molecule has 3 rings (SSSR count). The van der Waals surface area contributed by atoms with Crippen LogP contribution in [0.15, 0.2) is 66.9 Å². The number of anilines is 2. The lowest BCUT2D eigenvalue weighted by Gasteiger charge is -2.08. The second-order valence-electron chi connectivity index (χ2n) is 6.32. The van der Waals surface area contributed by atoms with Gasteiger partial charge in [-0.05, 0) is 67.4 Å². The van der Waals surface area contributed by atoms with Crippen molar-refractivity contribution in [1.82, 2.24) is 10.3 Å². The van der Waals surface area contributed by atoms with Gasteiger partial charge in [-0.3, -0.25) is 9.59 Å². The molecule has 1 amide bonds. The molecule has 1 heterocycles. The van der Waals surface area contributed by atoms with Gasteiger partial charge in [0.1, 0.15) is 5.69 Å². The van der Waals surface area contributed by atoms with E-state index in [9.17, 15) is 9.59 Å². The molecule has 0 fully saturated rings. The number of benzene rings is 2. The molecular weight excluding hydrogens is 374 g/mol. The number of carbonyl (C=O) groups excluding carboxylic acids is 2. The molecule has 0 saturated heterocycles. The van der Waals surface area contributed by atoms with Gasteiger partial charge in [-0.25, -0.2) is 4.98 Å². The van der Waals surface area contributed by atoms with Crippen molar-refractivity contribution in [2.75, 3.05) is 11.9 Å². The lowest BCUT2D eigenvalue weighted by atomic mass is 10.1. The number of aromatic nitrogens is 1. The second kappa shape index (κ2) is 9.15. The Balaban J connectivity index is 1.52. The monoisotopic (exact) mass is 393 g/mol. The zero-order valence-corrected chi connectivity index (χ0v) is 16.2. The van der Waals surface area contributed by atoms with Crippen LogP contribution in [0.3, 0.4) is 0 Å². The highest BCUT2D eigenvalue weighted by Gasteiger charge is 2.07. The third-order valence-electron chi connectivity index (χ3n) is 4.19. The van der Waals surface area contributed by atoms with E-state index >= 15 is 0 Å². The van der Waals surface area contributed by atoms with Crippen molar-refractivity contribution in [3.8, 4) is 0 Å². The number of rotatable bonds is 7. The molecule has 3 aromatic rings. The Hall–Kier alpha value is -3.18. The van der Waals surface area contributed by atoms with Crippen molar-refractivity contribution in [3.05, 3.63) is 88.7 Å². The minimum atomic E-state index is -0.216. The predicted molar refractivity (Wildman–Crippen MR) is 111 cm³/mol. The van der Waals surface area contributed by atoms with Gasteiger partial charge < -0.3 is 10.6 Å². The third kappa shape index (κ3) is 5.41. The normalized spacial score (nSPS) is 10.4. The Labute approximate surface area is 168 Å². The van der Waals surface area contributed by atoms with E-state index in [4.69, 9.17) is 11.6 Å². The van der Waals surface area contributed by atoms with Crippen LogP contribution in [-0.4, -0.2) is 23.2 Å².